The normalized spacial score (nSPS) is 11.7. The van der Waals surface area contributed by atoms with E-state index in [9.17, 15) is 14.0 Å². The van der Waals surface area contributed by atoms with E-state index < -0.39 is 12.0 Å². The average Bonchev–Trinajstić information content (AvgIpc) is 2.30. The first-order valence-electron chi connectivity index (χ1n) is 5.14. The molecule has 1 amide bonds. The van der Waals surface area contributed by atoms with Crippen LogP contribution in [0.3, 0.4) is 0 Å². The molecule has 1 rings (SSSR count). The van der Waals surface area contributed by atoms with E-state index in [0.717, 1.165) is 0 Å². The van der Waals surface area contributed by atoms with E-state index in [4.69, 9.17) is 0 Å². The highest BCUT2D eigenvalue weighted by atomic mass is 19.1. The van der Waals surface area contributed by atoms with Crippen molar-refractivity contribution in [2.24, 2.45) is 0 Å². The first-order valence-corrected chi connectivity index (χ1v) is 5.14. The summed E-state index contributed by atoms with van der Waals surface area (Å²) >= 11 is 0. The summed E-state index contributed by atoms with van der Waals surface area (Å²) in [4.78, 5) is 22.6. The molecule has 5 heteroatoms. The lowest BCUT2D eigenvalue weighted by Gasteiger charge is -2.11. The highest BCUT2D eigenvalue weighted by Crippen LogP contribution is 2.03. The minimum Gasteiger partial charge on any atom is -0.467 e. The number of methoxy groups -OCH3 is 1. The number of hydrogen-bond donors (Lipinski definition) is 1. The van der Waals surface area contributed by atoms with Crippen molar-refractivity contribution in [1.82, 2.24) is 5.32 Å². The van der Waals surface area contributed by atoms with Gasteiger partial charge in [0.25, 0.3) is 0 Å². The van der Waals surface area contributed by atoms with E-state index >= 15 is 0 Å². The fourth-order valence-electron chi connectivity index (χ4n) is 1.32. The molecule has 1 unspecified atom stereocenters. The summed E-state index contributed by atoms with van der Waals surface area (Å²) in [5, 5.41) is 2.49. The van der Waals surface area contributed by atoms with Gasteiger partial charge in [0.15, 0.2) is 0 Å². The van der Waals surface area contributed by atoms with Gasteiger partial charge in [-0.05, 0) is 24.6 Å². The summed E-state index contributed by atoms with van der Waals surface area (Å²) in [6.45, 7) is 1.54. The van der Waals surface area contributed by atoms with E-state index in [1.165, 1.54) is 38.3 Å². The van der Waals surface area contributed by atoms with Gasteiger partial charge < -0.3 is 10.1 Å². The Morgan fingerprint density at radius 2 is 1.94 bits per heavy atom. The van der Waals surface area contributed by atoms with Gasteiger partial charge in [0, 0.05) is 0 Å². The molecule has 0 radical (unpaired) electrons. The lowest BCUT2D eigenvalue weighted by molar-refractivity contribution is -0.144. The van der Waals surface area contributed by atoms with Crippen LogP contribution in [-0.2, 0) is 20.7 Å². The summed E-state index contributed by atoms with van der Waals surface area (Å²) in [6, 6.07) is 4.93. The quantitative estimate of drug-likeness (QED) is 0.799. The van der Waals surface area contributed by atoms with Gasteiger partial charge >= 0.3 is 5.97 Å². The Morgan fingerprint density at radius 3 is 2.47 bits per heavy atom. The average molecular weight is 239 g/mol. The van der Waals surface area contributed by atoms with Crippen LogP contribution in [0.2, 0.25) is 0 Å². The van der Waals surface area contributed by atoms with Gasteiger partial charge in [-0.15, -0.1) is 0 Å². The van der Waals surface area contributed by atoms with Gasteiger partial charge in [0.1, 0.15) is 11.9 Å². The lowest BCUT2D eigenvalue weighted by atomic mass is 10.1. The molecule has 17 heavy (non-hydrogen) atoms. The molecule has 0 aliphatic heterocycles. The molecule has 0 bridgehead atoms. The van der Waals surface area contributed by atoms with Crippen molar-refractivity contribution in [3.63, 3.8) is 0 Å². The molecule has 0 spiro atoms. The zero-order chi connectivity index (χ0) is 12.8. The number of benzene rings is 1. The Morgan fingerprint density at radius 1 is 1.35 bits per heavy atom. The number of carbonyl (C=O) groups excluding carboxylic acids is 2. The van der Waals surface area contributed by atoms with E-state index in [2.05, 4.69) is 10.1 Å². The second-order valence-electron chi connectivity index (χ2n) is 3.62. The maximum Gasteiger partial charge on any atom is 0.328 e. The molecule has 1 atom stereocenters. The number of ether oxygens (including phenoxy) is 1. The standard InChI is InChI=1S/C12H14FNO3/c1-8(12(16)17-2)14-11(15)7-9-3-5-10(13)6-4-9/h3-6,8H,7H2,1-2H3,(H,14,15). The SMILES string of the molecule is COC(=O)C(C)NC(=O)Cc1ccc(F)cc1. The fraction of sp³-hybridized carbons (Fsp3) is 0.333. The summed E-state index contributed by atoms with van der Waals surface area (Å²) < 4.78 is 17.1. The molecule has 0 saturated carbocycles. The van der Waals surface area contributed by atoms with Crippen molar-refractivity contribution >= 4 is 11.9 Å². The maximum atomic E-state index is 12.6. The van der Waals surface area contributed by atoms with Crippen LogP contribution in [0.1, 0.15) is 12.5 Å². The molecule has 0 aliphatic rings. The summed E-state index contributed by atoms with van der Waals surface area (Å²) in [5.74, 6) is -1.16. The molecule has 0 heterocycles. The van der Waals surface area contributed by atoms with Gasteiger partial charge in [-0.2, -0.15) is 0 Å². The molecule has 1 aromatic rings. The van der Waals surface area contributed by atoms with Crippen LogP contribution in [0.5, 0.6) is 0 Å². The Hall–Kier alpha value is -1.91. The number of hydrogen-bond acceptors (Lipinski definition) is 3. The maximum absolute atomic E-state index is 12.6. The number of amides is 1. The predicted octanol–water partition coefficient (Wildman–Crippen LogP) is 1.05. The minimum absolute atomic E-state index is 0.0988. The summed E-state index contributed by atoms with van der Waals surface area (Å²) in [6.07, 6.45) is 0.0988. The van der Waals surface area contributed by atoms with E-state index in [1.54, 1.807) is 0 Å². The van der Waals surface area contributed by atoms with E-state index in [-0.39, 0.29) is 18.1 Å². The predicted molar refractivity (Wildman–Crippen MR) is 59.7 cm³/mol. The largest absolute Gasteiger partial charge is 0.467 e. The van der Waals surface area contributed by atoms with Crippen molar-refractivity contribution in [1.29, 1.82) is 0 Å². The van der Waals surface area contributed by atoms with Crippen LogP contribution in [-0.4, -0.2) is 25.0 Å². The smallest absolute Gasteiger partial charge is 0.328 e. The molecule has 0 fully saturated rings. The van der Waals surface area contributed by atoms with Gasteiger partial charge in [0.05, 0.1) is 13.5 Å². The Labute approximate surface area is 98.8 Å². The van der Waals surface area contributed by atoms with Gasteiger partial charge in [-0.3, -0.25) is 4.79 Å². The third kappa shape index (κ3) is 4.22. The summed E-state index contributed by atoms with van der Waals surface area (Å²) in [7, 11) is 1.25. The number of halogens is 1. The zero-order valence-electron chi connectivity index (χ0n) is 9.70. The first kappa shape index (κ1) is 13.2. The van der Waals surface area contributed by atoms with Gasteiger partial charge in [-0.1, -0.05) is 12.1 Å². The van der Waals surface area contributed by atoms with Crippen LogP contribution >= 0.6 is 0 Å². The van der Waals surface area contributed by atoms with Crippen molar-refractivity contribution in [2.75, 3.05) is 7.11 Å². The molecule has 1 aromatic carbocycles. The third-order valence-corrected chi connectivity index (χ3v) is 2.21. The van der Waals surface area contributed by atoms with Crippen molar-refractivity contribution in [3.05, 3.63) is 35.6 Å². The van der Waals surface area contributed by atoms with E-state index in [0.29, 0.717) is 5.56 Å². The second-order valence-corrected chi connectivity index (χ2v) is 3.62. The third-order valence-electron chi connectivity index (χ3n) is 2.21. The Bertz CT molecular complexity index is 403. The fourth-order valence-corrected chi connectivity index (χ4v) is 1.32. The highest BCUT2D eigenvalue weighted by Gasteiger charge is 2.15. The van der Waals surface area contributed by atoms with Crippen LogP contribution in [0.25, 0.3) is 0 Å². The molecular formula is C12H14FNO3. The molecular weight excluding hydrogens is 225 g/mol. The first-order chi connectivity index (χ1) is 8.02. The second kappa shape index (κ2) is 5.98. The molecule has 0 saturated heterocycles. The van der Waals surface area contributed by atoms with Crippen LogP contribution in [0, 0.1) is 5.82 Å². The monoisotopic (exact) mass is 239 g/mol. The van der Waals surface area contributed by atoms with Crippen molar-refractivity contribution < 1.29 is 18.7 Å². The van der Waals surface area contributed by atoms with Crippen molar-refractivity contribution in [2.45, 2.75) is 19.4 Å². The molecule has 0 aromatic heterocycles. The van der Waals surface area contributed by atoms with Crippen LogP contribution in [0.4, 0.5) is 4.39 Å². The Kier molecular flexibility index (Phi) is 4.63. The minimum atomic E-state index is -0.687. The number of rotatable bonds is 4. The lowest BCUT2D eigenvalue weighted by Crippen LogP contribution is -2.39. The highest BCUT2D eigenvalue weighted by molar-refractivity contribution is 5.85. The Balaban J connectivity index is 2.50. The van der Waals surface area contributed by atoms with Gasteiger partial charge in [-0.25, -0.2) is 9.18 Å². The molecule has 92 valence electrons. The molecule has 1 N–H and O–H groups in total. The van der Waals surface area contributed by atoms with Crippen LogP contribution < -0.4 is 5.32 Å². The van der Waals surface area contributed by atoms with Gasteiger partial charge in [0.2, 0.25) is 5.91 Å². The van der Waals surface area contributed by atoms with E-state index in [1.807, 2.05) is 0 Å². The number of esters is 1. The summed E-state index contributed by atoms with van der Waals surface area (Å²) in [5.41, 5.74) is 0.681. The topological polar surface area (TPSA) is 55.4 Å². The molecule has 4 nitrogen and oxygen atoms in total. The zero-order valence-corrected chi connectivity index (χ0v) is 9.70. The van der Waals surface area contributed by atoms with Crippen molar-refractivity contribution in [3.8, 4) is 0 Å². The number of nitrogens with one attached hydrogen (secondary N) is 1. The number of carbonyl (C=O) groups is 2. The van der Waals surface area contributed by atoms with Crippen LogP contribution in [0.15, 0.2) is 24.3 Å². The molecule has 0 aliphatic carbocycles.